The first-order valence-corrected chi connectivity index (χ1v) is 11.4. The summed E-state index contributed by atoms with van der Waals surface area (Å²) in [6.07, 6.45) is -3.84. The molecule has 3 rings (SSSR count). The van der Waals surface area contributed by atoms with E-state index in [-0.39, 0.29) is 24.0 Å². The normalized spacial score (nSPS) is 12.2. The lowest BCUT2D eigenvalue weighted by Gasteiger charge is -2.24. The van der Waals surface area contributed by atoms with Crippen molar-refractivity contribution in [2.24, 2.45) is 5.92 Å². The van der Waals surface area contributed by atoms with Crippen molar-refractivity contribution < 1.29 is 30.8 Å². The van der Waals surface area contributed by atoms with Gasteiger partial charge in [-0.3, -0.25) is 0 Å². The molecule has 0 radical (unpaired) electrons. The van der Waals surface area contributed by atoms with Gasteiger partial charge in [-0.2, -0.15) is 13.2 Å². The summed E-state index contributed by atoms with van der Waals surface area (Å²) in [6.45, 7) is 7.10. The van der Waals surface area contributed by atoms with Gasteiger partial charge in [-0.1, -0.05) is 19.0 Å². The summed E-state index contributed by atoms with van der Waals surface area (Å²) in [4.78, 5) is 7.11. The van der Waals surface area contributed by atoms with Gasteiger partial charge in [0.05, 0.1) is 16.2 Å². The van der Waals surface area contributed by atoms with Crippen molar-refractivity contribution in [1.82, 2.24) is 15.1 Å². The van der Waals surface area contributed by atoms with Gasteiger partial charge in [0, 0.05) is 12.7 Å². The molecule has 178 valence electrons. The molecule has 0 N–H and O–H groups in total. The zero-order valence-electron chi connectivity index (χ0n) is 18.4. The third kappa shape index (κ3) is 5.62. The molecular weight excluding hydrogens is 461 g/mol. The van der Waals surface area contributed by atoms with Crippen LogP contribution in [-0.4, -0.2) is 30.1 Å². The number of hydrogen-bond donors (Lipinski definition) is 0. The minimum Gasteiger partial charge on any atom is -0.489 e. The molecule has 0 aliphatic carbocycles. The Hall–Kier alpha value is -3.15. The molecule has 0 bridgehead atoms. The van der Waals surface area contributed by atoms with Crippen molar-refractivity contribution in [3.63, 3.8) is 0 Å². The predicted octanol–water partition coefficient (Wildman–Crippen LogP) is 4.53. The molecule has 0 saturated carbocycles. The van der Waals surface area contributed by atoms with E-state index in [4.69, 9.17) is 9.26 Å². The number of sulfonamides is 1. The first-order chi connectivity index (χ1) is 15.4. The van der Waals surface area contributed by atoms with E-state index in [1.165, 1.54) is 24.3 Å². The zero-order chi connectivity index (χ0) is 24.4. The smallest absolute Gasteiger partial charge is 0.433 e. The number of benzene rings is 1. The highest BCUT2D eigenvalue weighted by atomic mass is 32.2. The Balaban J connectivity index is 1.87. The lowest BCUT2D eigenvalue weighted by molar-refractivity contribution is -0.141. The first kappa shape index (κ1) is 24.5. The van der Waals surface area contributed by atoms with E-state index in [2.05, 4.69) is 15.1 Å². The van der Waals surface area contributed by atoms with Gasteiger partial charge in [0.15, 0.2) is 0 Å². The van der Waals surface area contributed by atoms with E-state index in [9.17, 15) is 21.6 Å². The van der Waals surface area contributed by atoms with Crippen LogP contribution in [0.25, 0.3) is 0 Å². The number of aromatic nitrogens is 3. The molecule has 0 spiro atoms. The standard InChI is InChI=1S/C21H23F3N4O4S/c1-13(2)11-28(20-25-10-9-19(26-20)21(22,23)24)33(29,30)17-7-5-16(6-8-17)31-12-18-14(3)27-32-15(18)4/h5-10,13H,11-12H2,1-4H3. The summed E-state index contributed by atoms with van der Waals surface area (Å²) < 4.78 is 77.4. The fourth-order valence-electron chi connectivity index (χ4n) is 2.94. The molecule has 1 aromatic carbocycles. The van der Waals surface area contributed by atoms with Crippen LogP contribution in [0.5, 0.6) is 5.75 Å². The van der Waals surface area contributed by atoms with Crippen LogP contribution in [0.3, 0.4) is 0 Å². The molecule has 8 nitrogen and oxygen atoms in total. The molecule has 3 aromatic rings. The Kier molecular flexibility index (Phi) is 6.96. The van der Waals surface area contributed by atoms with Gasteiger partial charge in [0.1, 0.15) is 23.8 Å². The van der Waals surface area contributed by atoms with Crippen molar-refractivity contribution in [3.8, 4) is 5.75 Å². The first-order valence-electron chi connectivity index (χ1n) is 9.97. The number of rotatable bonds is 8. The third-order valence-electron chi connectivity index (χ3n) is 4.66. The molecule has 0 unspecified atom stereocenters. The molecule has 0 aliphatic heterocycles. The molecular formula is C21H23F3N4O4S. The van der Waals surface area contributed by atoms with Crippen molar-refractivity contribution >= 4 is 16.0 Å². The third-order valence-corrected chi connectivity index (χ3v) is 6.42. The fraction of sp³-hybridized carbons (Fsp3) is 0.381. The van der Waals surface area contributed by atoms with E-state index >= 15 is 0 Å². The average molecular weight is 485 g/mol. The second kappa shape index (κ2) is 9.38. The van der Waals surface area contributed by atoms with Crippen LogP contribution in [-0.2, 0) is 22.8 Å². The largest absolute Gasteiger partial charge is 0.489 e. The van der Waals surface area contributed by atoms with Crippen LogP contribution >= 0.6 is 0 Å². The molecule has 2 aromatic heterocycles. The van der Waals surface area contributed by atoms with Crippen LogP contribution in [0.4, 0.5) is 19.1 Å². The van der Waals surface area contributed by atoms with Gasteiger partial charge in [-0.15, -0.1) is 0 Å². The number of hydrogen-bond acceptors (Lipinski definition) is 7. The number of ether oxygens (including phenoxy) is 1. The Morgan fingerprint density at radius 2 is 1.79 bits per heavy atom. The van der Waals surface area contributed by atoms with Gasteiger partial charge in [0.25, 0.3) is 10.0 Å². The maximum absolute atomic E-state index is 13.3. The molecule has 2 heterocycles. The molecule has 0 atom stereocenters. The Morgan fingerprint density at radius 3 is 2.33 bits per heavy atom. The average Bonchev–Trinajstić information content (AvgIpc) is 3.07. The monoisotopic (exact) mass is 484 g/mol. The number of halogens is 3. The molecule has 33 heavy (non-hydrogen) atoms. The van der Waals surface area contributed by atoms with Gasteiger partial charge in [-0.05, 0) is 50.1 Å². The lowest BCUT2D eigenvalue weighted by Crippen LogP contribution is -2.36. The Bertz CT molecular complexity index is 1190. The maximum atomic E-state index is 13.3. The lowest BCUT2D eigenvalue weighted by atomic mass is 10.2. The van der Waals surface area contributed by atoms with Crippen LogP contribution in [0, 0.1) is 19.8 Å². The number of nitrogens with zero attached hydrogens (tertiary/aromatic N) is 4. The van der Waals surface area contributed by atoms with Crippen LogP contribution < -0.4 is 9.04 Å². The summed E-state index contributed by atoms with van der Waals surface area (Å²) in [5.74, 6) is 0.282. The van der Waals surface area contributed by atoms with Gasteiger partial charge in [-0.25, -0.2) is 22.7 Å². The zero-order valence-corrected chi connectivity index (χ0v) is 19.2. The summed E-state index contributed by atoms with van der Waals surface area (Å²) >= 11 is 0. The second-order valence-corrected chi connectivity index (χ2v) is 9.59. The quantitative estimate of drug-likeness (QED) is 0.463. The number of aryl methyl sites for hydroxylation is 2. The minimum atomic E-state index is -4.73. The minimum absolute atomic E-state index is 0.103. The molecule has 12 heteroatoms. The number of alkyl halides is 3. The van der Waals surface area contributed by atoms with E-state index in [0.29, 0.717) is 23.3 Å². The predicted molar refractivity (Wildman–Crippen MR) is 113 cm³/mol. The summed E-state index contributed by atoms with van der Waals surface area (Å²) in [5.41, 5.74) is 0.258. The fourth-order valence-corrected chi connectivity index (χ4v) is 4.48. The highest BCUT2D eigenvalue weighted by Gasteiger charge is 2.35. The molecule has 0 fully saturated rings. The van der Waals surface area contributed by atoms with Crippen molar-refractivity contribution in [2.75, 3.05) is 10.8 Å². The van der Waals surface area contributed by atoms with Crippen LogP contribution in [0.1, 0.15) is 36.6 Å². The van der Waals surface area contributed by atoms with E-state index in [1.54, 1.807) is 27.7 Å². The van der Waals surface area contributed by atoms with Crippen molar-refractivity contribution in [2.45, 2.75) is 45.4 Å². The second-order valence-electron chi connectivity index (χ2n) is 7.73. The van der Waals surface area contributed by atoms with E-state index in [1.807, 2.05) is 0 Å². The summed E-state index contributed by atoms with van der Waals surface area (Å²) in [6, 6.07) is 6.25. The van der Waals surface area contributed by atoms with Gasteiger partial charge >= 0.3 is 6.18 Å². The SMILES string of the molecule is Cc1noc(C)c1COc1ccc(S(=O)(=O)N(CC(C)C)c2nccc(C(F)(F)F)n2)cc1. The van der Waals surface area contributed by atoms with E-state index in [0.717, 1.165) is 16.1 Å². The summed E-state index contributed by atoms with van der Waals surface area (Å²) in [5, 5.41) is 3.85. The summed E-state index contributed by atoms with van der Waals surface area (Å²) in [7, 11) is -4.24. The topological polar surface area (TPSA) is 98.4 Å². The maximum Gasteiger partial charge on any atom is 0.433 e. The molecule has 0 saturated heterocycles. The Labute approximate surface area is 189 Å². The van der Waals surface area contributed by atoms with Crippen molar-refractivity contribution in [1.29, 1.82) is 0 Å². The highest BCUT2D eigenvalue weighted by Crippen LogP contribution is 2.30. The van der Waals surface area contributed by atoms with Crippen LogP contribution in [0.15, 0.2) is 45.9 Å². The molecule has 0 aliphatic rings. The van der Waals surface area contributed by atoms with Crippen molar-refractivity contribution in [3.05, 3.63) is 59.2 Å². The van der Waals surface area contributed by atoms with Crippen LogP contribution in [0.2, 0.25) is 0 Å². The van der Waals surface area contributed by atoms with Gasteiger partial charge in [0.2, 0.25) is 5.95 Å². The van der Waals surface area contributed by atoms with E-state index < -0.39 is 27.8 Å². The Morgan fingerprint density at radius 1 is 1.12 bits per heavy atom. The highest BCUT2D eigenvalue weighted by molar-refractivity contribution is 7.92. The number of anilines is 1. The van der Waals surface area contributed by atoms with Gasteiger partial charge < -0.3 is 9.26 Å². The molecule has 0 amide bonds.